The summed E-state index contributed by atoms with van der Waals surface area (Å²) in [5.41, 5.74) is 3.23. The van der Waals surface area contributed by atoms with Crippen molar-refractivity contribution < 1.29 is 9.53 Å². The smallest absolute Gasteiger partial charge is 0.230 e. The average molecular weight is 356 g/mol. The second-order valence-corrected chi connectivity index (χ2v) is 8.19. The van der Waals surface area contributed by atoms with Crippen LogP contribution in [0.2, 0.25) is 0 Å². The van der Waals surface area contributed by atoms with Crippen molar-refractivity contribution in [2.75, 3.05) is 5.75 Å². The summed E-state index contributed by atoms with van der Waals surface area (Å²) in [6, 6.07) is 16.4. The fourth-order valence-corrected chi connectivity index (χ4v) is 3.97. The van der Waals surface area contributed by atoms with E-state index in [1.165, 1.54) is 11.1 Å². The number of carbonyl (C=O) groups excluding carboxylic acids is 1. The summed E-state index contributed by atoms with van der Waals surface area (Å²) in [5.74, 6) is 2.28. The zero-order valence-corrected chi connectivity index (χ0v) is 15.9. The summed E-state index contributed by atoms with van der Waals surface area (Å²) in [6.07, 6.45) is 0.776. The van der Waals surface area contributed by atoms with Gasteiger partial charge in [-0.2, -0.15) is 0 Å². The Kier molecular flexibility index (Phi) is 5.38. The number of ether oxygens (including phenoxy) is 1. The van der Waals surface area contributed by atoms with Crippen LogP contribution in [0.15, 0.2) is 48.5 Å². The molecule has 0 spiro atoms. The lowest BCUT2D eigenvalue weighted by Crippen LogP contribution is -2.41. The van der Waals surface area contributed by atoms with Crippen molar-refractivity contribution in [3.8, 4) is 5.75 Å². The first-order chi connectivity index (χ1) is 11.9. The zero-order chi connectivity index (χ0) is 17.9. The third-order valence-corrected chi connectivity index (χ3v) is 5.31. The first-order valence-corrected chi connectivity index (χ1v) is 9.79. The molecule has 1 aliphatic rings. The summed E-state index contributed by atoms with van der Waals surface area (Å²) in [7, 11) is 0. The Labute approximate surface area is 154 Å². The summed E-state index contributed by atoms with van der Waals surface area (Å²) in [6.45, 7) is 6.20. The Morgan fingerprint density at radius 2 is 2.00 bits per heavy atom. The standard InChI is InChI=1S/C21H25NO2S/c1-15-9-10-19-17(11-15)18(12-21(2,3)24-19)22-20(23)14-25-13-16-7-5-4-6-8-16/h4-11,18H,12-14H2,1-3H3,(H,22,23)/t18-/m0/s1. The molecule has 1 amide bonds. The maximum atomic E-state index is 12.4. The number of thioether (sulfide) groups is 1. The number of benzene rings is 2. The fraction of sp³-hybridized carbons (Fsp3) is 0.381. The van der Waals surface area contributed by atoms with Gasteiger partial charge in [0.1, 0.15) is 11.4 Å². The molecule has 3 rings (SSSR count). The quantitative estimate of drug-likeness (QED) is 0.849. The molecular formula is C21H25NO2S. The molecule has 25 heavy (non-hydrogen) atoms. The lowest BCUT2D eigenvalue weighted by Gasteiger charge is -2.38. The molecule has 0 saturated heterocycles. The first-order valence-electron chi connectivity index (χ1n) is 8.63. The van der Waals surface area contributed by atoms with E-state index in [4.69, 9.17) is 4.74 Å². The van der Waals surface area contributed by atoms with E-state index >= 15 is 0 Å². The van der Waals surface area contributed by atoms with Gasteiger partial charge in [0.2, 0.25) is 5.91 Å². The Hall–Kier alpha value is -1.94. The van der Waals surface area contributed by atoms with Gasteiger partial charge in [-0.1, -0.05) is 48.0 Å². The minimum absolute atomic E-state index is 0.00322. The summed E-state index contributed by atoms with van der Waals surface area (Å²) in [4.78, 5) is 12.4. The Morgan fingerprint density at radius 1 is 1.24 bits per heavy atom. The van der Waals surface area contributed by atoms with E-state index in [1.807, 2.05) is 24.3 Å². The van der Waals surface area contributed by atoms with Crippen molar-refractivity contribution in [2.45, 2.75) is 44.6 Å². The van der Waals surface area contributed by atoms with E-state index in [-0.39, 0.29) is 17.6 Å². The van der Waals surface area contributed by atoms with Gasteiger partial charge in [0.25, 0.3) is 0 Å². The van der Waals surface area contributed by atoms with Gasteiger partial charge in [0.05, 0.1) is 11.8 Å². The summed E-state index contributed by atoms with van der Waals surface area (Å²) in [5, 5.41) is 3.20. The molecule has 0 radical (unpaired) electrons. The van der Waals surface area contributed by atoms with Crippen molar-refractivity contribution >= 4 is 17.7 Å². The molecule has 1 N–H and O–H groups in total. The van der Waals surface area contributed by atoms with Gasteiger partial charge >= 0.3 is 0 Å². The topological polar surface area (TPSA) is 38.3 Å². The molecule has 1 atom stereocenters. The Morgan fingerprint density at radius 3 is 2.76 bits per heavy atom. The van der Waals surface area contributed by atoms with Crippen LogP contribution in [0.25, 0.3) is 0 Å². The number of hydrogen-bond donors (Lipinski definition) is 1. The third kappa shape index (κ3) is 4.79. The van der Waals surface area contributed by atoms with Gasteiger partial charge < -0.3 is 10.1 Å². The van der Waals surface area contributed by atoms with E-state index < -0.39 is 0 Å². The molecule has 0 aliphatic carbocycles. The highest BCUT2D eigenvalue weighted by molar-refractivity contribution is 7.99. The van der Waals surface area contributed by atoms with Crippen LogP contribution in [-0.4, -0.2) is 17.3 Å². The number of amides is 1. The lowest BCUT2D eigenvalue weighted by atomic mass is 9.89. The molecule has 2 aromatic carbocycles. The molecule has 0 saturated carbocycles. The first kappa shape index (κ1) is 17.9. The van der Waals surface area contributed by atoms with E-state index in [0.29, 0.717) is 5.75 Å². The summed E-state index contributed by atoms with van der Waals surface area (Å²) < 4.78 is 6.07. The number of rotatable bonds is 5. The monoisotopic (exact) mass is 355 g/mol. The normalized spacial score (nSPS) is 18.1. The molecule has 4 heteroatoms. The number of hydrogen-bond acceptors (Lipinski definition) is 3. The van der Waals surface area contributed by atoms with Crippen molar-refractivity contribution in [2.24, 2.45) is 0 Å². The molecule has 0 unspecified atom stereocenters. The van der Waals surface area contributed by atoms with Crippen LogP contribution in [0.4, 0.5) is 0 Å². The van der Waals surface area contributed by atoms with Crippen LogP contribution in [0.1, 0.15) is 43.0 Å². The van der Waals surface area contributed by atoms with Crippen LogP contribution in [0.3, 0.4) is 0 Å². The van der Waals surface area contributed by atoms with Crippen molar-refractivity contribution in [3.05, 3.63) is 65.2 Å². The Bertz CT molecular complexity index is 743. The van der Waals surface area contributed by atoms with Crippen molar-refractivity contribution in [1.82, 2.24) is 5.32 Å². The predicted molar refractivity (Wildman–Crippen MR) is 104 cm³/mol. The highest BCUT2D eigenvalue weighted by Gasteiger charge is 2.34. The highest BCUT2D eigenvalue weighted by atomic mass is 32.2. The largest absolute Gasteiger partial charge is 0.487 e. The van der Waals surface area contributed by atoms with Gasteiger partial charge in [-0.25, -0.2) is 0 Å². The second-order valence-electron chi connectivity index (χ2n) is 7.21. The van der Waals surface area contributed by atoms with E-state index in [9.17, 15) is 4.79 Å². The van der Waals surface area contributed by atoms with E-state index in [1.54, 1.807) is 11.8 Å². The van der Waals surface area contributed by atoms with Gasteiger partial charge in [0.15, 0.2) is 0 Å². The number of aryl methyl sites for hydroxylation is 1. The van der Waals surface area contributed by atoms with Gasteiger partial charge in [-0.3, -0.25) is 4.79 Å². The van der Waals surface area contributed by atoms with Gasteiger partial charge in [0, 0.05) is 17.7 Å². The molecular weight excluding hydrogens is 330 g/mol. The van der Waals surface area contributed by atoms with E-state index in [0.717, 1.165) is 23.5 Å². The lowest BCUT2D eigenvalue weighted by molar-refractivity contribution is -0.119. The molecule has 0 bridgehead atoms. The predicted octanol–water partition coefficient (Wildman–Crippen LogP) is 4.65. The maximum absolute atomic E-state index is 12.4. The maximum Gasteiger partial charge on any atom is 0.230 e. The van der Waals surface area contributed by atoms with Crippen LogP contribution in [0.5, 0.6) is 5.75 Å². The number of carbonyl (C=O) groups is 1. The molecule has 0 aromatic heterocycles. The molecule has 1 aliphatic heterocycles. The minimum atomic E-state index is -0.280. The third-order valence-electron chi connectivity index (χ3n) is 4.30. The SMILES string of the molecule is Cc1ccc2c(c1)[C@@H](NC(=O)CSCc1ccccc1)CC(C)(C)O2. The number of fused-ring (bicyclic) bond motifs is 1. The second kappa shape index (κ2) is 7.52. The molecule has 2 aromatic rings. The molecule has 3 nitrogen and oxygen atoms in total. The van der Waals surface area contributed by atoms with Crippen molar-refractivity contribution in [3.63, 3.8) is 0 Å². The Balaban J connectivity index is 1.61. The van der Waals surface area contributed by atoms with Crippen molar-refractivity contribution in [1.29, 1.82) is 0 Å². The molecule has 132 valence electrons. The van der Waals surface area contributed by atoms with Crippen LogP contribution < -0.4 is 10.1 Å². The van der Waals surface area contributed by atoms with Crippen LogP contribution >= 0.6 is 11.8 Å². The number of nitrogens with one attached hydrogen (secondary N) is 1. The summed E-state index contributed by atoms with van der Waals surface area (Å²) >= 11 is 1.64. The zero-order valence-electron chi connectivity index (χ0n) is 15.0. The van der Waals surface area contributed by atoms with Gasteiger partial charge in [-0.15, -0.1) is 11.8 Å². The highest BCUT2D eigenvalue weighted by Crippen LogP contribution is 2.39. The van der Waals surface area contributed by atoms with Crippen LogP contribution in [-0.2, 0) is 10.5 Å². The molecule has 0 fully saturated rings. The minimum Gasteiger partial charge on any atom is -0.487 e. The van der Waals surface area contributed by atoms with Gasteiger partial charge in [-0.05, 0) is 32.4 Å². The molecule has 1 heterocycles. The van der Waals surface area contributed by atoms with Crippen LogP contribution in [0, 0.1) is 6.92 Å². The fourth-order valence-electron chi connectivity index (χ4n) is 3.17. The van der Waals surface area contributed by atoms with E-state index in [2.05, 4.69) is 50.4 Å². The average Bonchev–Trinajstić information content (AvgIpc) is 2.56.